The molecule has 128 valence electrons. The predicted octanol–water partition coefficient (Wildman–Crippen LogP) is 4.95. The second kappa shape index (κ2) is 5.43. The number of ketones is 2. The molecule has 4 aliphatic rings. The lowest BCUT2D eigenvalue weighted by Crippen LogP contribution is -2.55. The zero-order valence-electron chi connectivity index (χ0n) is 14.9. The summed E-state index contributed by atoms with van der Waals surface area (Å²) in [4.78, 5) is 24.8. The van der Waals surface area contributed by atoms with Crippen LogP contribution in [0.4, 0.5) is 0 Å². The molecule has 4 rings (SSSR count). The van der Waals surface area contributed by atoms with Crippen LogP contribution in [-0.4, -0.2) is 11.6 Å². The Hall–Kier alpha value is -0.660. The van der Waals surface area contributed by atoms with Crippen molar-refractivity contribution in [3.63, 3.8) is 0 Å². The summed E-state index contributed by atoms with van der Waals surface area (Å²) in [5.41, 5.74) is 0.333. The van der Waals surface area contributed by atoms with E-state index in [9.17, 15) is 9.59 Å². The van der Waals surface area contributed by atoms with Gasteiger partial charge in [0.2, 0.25) is 0 Å². The second-order valence-electron chi connectivity index (χ2n) is 9.52. The molecule has 4 saturated carbocycles. The minimum absolute atomic E-state index is 0.0246. The van der Waals surface area contributed by atoms with Crippen LogP contribution >= 0.6 is 0 Å². The number of Topliss-reactive ketones (excluding diaryl/α,β-unsaturated/α-hetero) is 2. The van der Waals surface area contributed by atoms with Crippen LogP contribution in [0.15, 0.2) is 0 Å². The lowest BCUT2D eigenvalue weighted by molar-refractivity contribution is -0.152. The Labute approximate surface area is 140 Å². The monoisotopic (exact) mass is 316 g/mol. The quantitative estimate of drug-likeness (QED) is 0.634. The van der Waals surface area contributed by atoms with Crippen LogP contribution in [0.25, 0.3) is 0 Å². The second-order valence-corrected chi connectivity index (χ2v) is 9.52. The van der Waals surface area contributed by atoms with E-state index in [1.54, 1.807) is 0 Å². The summed E-state index contributed by atoms with van der Waals surface area (Å²) in [5.74, 6) is 3.80. The van der Waals surface area contributed by atoms with Gasteiger partial charge >= 0.3 is 0 Å². The average Bonchev–Trinajstić information content (AvgIpc) is 2.66. The molecule has 4 aliphatic carbocycles. The summed E-state index contributed by atoms with van der Waals surface area (Å²) < 4.78 is 0. The van der Waals surface area contributed by atoms with E-state index in [2.05, 4.69) is 13.8 Å². The summed E-state index contributed by atoms with van der Waals surface area (Å²) in [6.07, 6.45) is 12.0. The van der Waals surface area contributed by atoms with Gasteiger partial charge in [-0.25, -0.2) is 0 Å². The lowest BCUT2D eigenvalue weighted by atomic mass is 9.44. The van der Waals surface area contributed by atoms with E-state index in [0.29, 0.717) is 28.8 Å². The number of hydrogen-bond donors (Lipinski definition) is 0. The maximum atomic E-state index is 12.6. The van der Waals surface area contributed by atoms with Gasteiger partial charge < -0.3 is 0 Å². The fraction of sp³-hybridized carbons (Fsp3) is 0.905. The van der Waals surface area contributed by atoms with Gasteiger partial charge in [0.15, 0.2) is 0 Å². The van der Waals surface area contributed by atoms with Gasteiger partial charge in [0.1, 0.15) is 11.6 Å². The summed E-state index contributed by atoms with van der Waals surface area (Å²) >= 11 is 0. The Kier molecular flexibility index (Phi) is 3.74. The van der Waals surface area contributed by atoms with Gasteiger partial charge in [0.25, 0.3) is 0 Å². The highest BCUT2D eigenvalue weighted by Gasteiger charge is 2.58. The number of carbonyl (C=O) groups excluding carboxylic acids is 2. The third-order valence-corrected chi connectivity index (χ3v) is 8.66. The van der Waals surface area contributed by atoms with Gasteiger partial charge in [-0.3, -0.25) is 9.59 Å². The topological polar surface area (TPSA) is 34.1 Å². The minimum atomic E-state index is -0.0246. The van der Waals surface area contributed by atoms with E-state index in [-0.39, 0.29) is 5.41 Å². The summed E-state index contributed by atoms with van der Waals surface area (Å²) in [7, 11) is 0. The Morgan fingerprint density at radius 2 is 1.70 bits per heavy atom. The van der Waals surface area contributed by atoms with E-state index in [4.69, 9.17) is 0 Å². The first-order chi connectivity index (χ1) is 10.9. The van der Waals surface area contributed by atoms with Gasteiger partial charge in [-0.1, -0.05) is 13.8 Å². The summed E-state index contributed by atoms with van der Waals surface area (Å²) in [6, 6.07) is 0. The standard InChI is InChI=1S/C21H32O2/c1-20-11-4-5-15(22)13-14(20)8-9-16-17-6-3-7-19(23)21(17,2)12-10-18(16)20/h14,16-18H,3-13H2,1-2H3. The van der Waals surface area contributed by atoms with Crippen molar-refractivity contribution >= 4 is 11.6 Å². The van der Waals surface area contributed by atoms with Gasteiger partial charge in [-0.05, 0) is 80.5 Å². The molecule has 0 bridgehead atoms. The molecule has 6 atom stereocenters. The zero-order valence-corrected chi connectivity index (χ0v) is 14.9. The maximum absolute atomic E-state index is 12.6. The van der Waals surface area contributed by atoms with Crippen LogP contribution in [0.5, 0.6) is 0 Å². The van der Waals surface area contributed by atoms with E-state index in [1.807, 2.05) is 0 Å². The maximum Gasteiger partial charge on any atom is 0.139 e. The van der Waals surface area contributed by atoms with Crippen molar-refractivity contribution in [3.05, 3.63) is 0 Å². The molecule has 2 heteroatoms. The smallest absolute Gasteiger partial charge is 0.139 e. The molecule has 0 heterocycles. The molecular formula is C21H32O2. The lowest BCUT2D eigenvalue weighted by Gasteiger charge is -2.60. The van der Waals surface area contributed by atoms with E-state index in [1.165, 1.54) is 32.1 Å². The van der Waals surface area contributed by atoms with Crippen molar-refractivity contribution in [2.24, 2.45) is 34.5 Å². The molecule has 0 N–H and O–H groups in total. The molecule has 0 saturated heterocycles. The van der Waals surface area contributed by atoms with Crippen LogP contribution in [0.1, 0.15) is 84.5 Å². The summed E-state index contributed by atoms with van der Waals surface area (Å²) in [6.45, 7) is 4.78. The molecule has 0 aromatic carbocycles. The van der Waals surface area contributed by atoms with Gasteiger partial charge in [0.05, 0.1) is 0 Å². The van der Waals surface area contributed by atoms with E-state index in [0.717, 1.165) is 50.4 Å². The van der Waals surface area contributed by atoms with E-state index >= 15 is 0 Å². The van der Waals surface area contributed by atoms with Crippen molar-refractivity contribution < 1.29 is 9.59 Å². The van der Waals surface area contributed by atoms with Gasteiger partial charge in [-0.15, -0.1) is 0 Å². The number of carbonyl (C=O) groups is 2. The molecular weight excluding hydrogens is 284 g/mol. The SMILES string of the molecule is CC12CCC3C(CCC4CC(=O)CCCC43C)C1CCCC2=O. The first kappa shape index (κ1) is 15.8. The van der Waals surface area contributed by atoms with Gasteiger partial charge in [-0.2, -0.15) is 0 Å². The Bertz CT molecular complexity index is 524. The average molecular weight is 316 g/mol. The number of hydrogen-bond acceptors (Lipinski definition) is 2. The highest BCUT2D eigenvalue weighted by atomic mass is 16.1. The molecule has 0 radical (unpaired) electrons. The molecule has 6 unspecified atom stereocenters. The van der Waals surface area contributed by atoms with Crippen LogP contribution in [0.3, 0.4) is 0 Å². The Balaban J connectivity index is 1.65. The Morgan fingerprint density at radius 1 is 0.870 bits per heavy atom. The van der Waals surface area contributed by atoms with Crippen molar-refractivity contribution in [2.75, 3.05) is 0 Å². The molecule has 4 fully saturated rings. The van der Waals surface area contributed by atoms with Crippen LogP contribution in [0.2, 0.25) is 0 Å². The van der Waals surface area contributed by atoms with Crippen molar-refractivity contribution in [1.82, 2.24) is 0 Å². The third-order valence-electron chi connectivity index (χ3n) is 8.66. The summed E-state index contributed by atoms with van der Waals surface area (Å²) in [5, 5.41) is 0. The first-order valence-corrected chi connectivity index (χ1v) is 10.00. The Morgan fingerprint density at radius 3 is 2.52 bits per heavy atom. The fourth-order valence-corrected chi connectivity index (χ4v) is 7.27. The van der Waals surface area contributed by atoms with Gasteiger partial charge in [0, 0.05) is 24.7 Å². The van der Waals surface area contributed by atoms with Crippen molar-refractivity contribution in [3.8, 4) is 0 Å². The molecule has 23 heavy (non-hydrogen) atoms. The highest BCUT2D eigenvalue weighted by Crippen LogP contribution is 2.64. The molecule has 0 aromatic rings. The van der Waals surface area contributed by atoms with Crippen LogP contribution in [-0.2, 0) is 9.59 Å². The van der Waals surface area contributed by atoms with Crippen molar-refractivity contribution in [1.29, 1.82) is 0 Å². The number of fused-ring (bicyclic) bond motifs is 5. The largest absolute Gasteiger partial charge is 0.300 e. The third kappa shape index (κ3) is 2.27. The first-order valence-electron chi connectivity index (χ1n) is 10.00. The van der Waals surface area contributed by atoms with Crippen LogP contribution in [0, 0.1) is 34.5 Å². The van der Waals surface area contributed by atoms with Crippen molar-refractivity contribution in [2.45, 2.75) is 84.5 Å². The molecule has 2 nitrogen and oxygen atoms in total. The normalized spacial score (nSPS) is 50.5. The minimum Gasteiger partial charge on any atom is -0.300 e. The fourth-order valence-electron chi connectivity index (χ4n) is 7.27. The zero-order chi connectivity index (χ0) is 16.2. The molecule has 0 aliphatic heterocycles. The van der Waals surface area contributed by atoms with Crippen LogP contribution < -0.4 is 0 Å². The predicted molar refractivity (Wildman–Crippen MR) is 91.0 cm³/mol. The molecule has 0 amide bonds. The van der Waals surface area contributed by atoms with E-state index < -0.39 is 0 Å². The molecule has 0 aromatic heterocycles. The highest BCUT2D eigenvalue weighted by molar-refractivity contribution is 5.85. The number of rotatable bonds is 0. The molecule has 0 spiro atoms.